The van der Waals surface area contributed by atoms with Gasteiger partial charge in [-0.05, 0) is 19.4 Å². The van der Waals surface area contributed by atoms with Crippen molar-refractivity contribution in [1.29, 1.82) is 0 Å². The van der Waals surface area contributed by atoms with E-state index in [2.05, 4.69) is 4.99 Å². The quantitative estimate of drug-likeness (QED) is 0.636. The van der Waals surface area contributed by atoms with Crippen LogP contribution in [0.1, 0.15) is 19.4 Å². The van der Waals surface area contributed by atoms with Gasteiger partial charge >= 0.3 is 7.60 Å². The molecule has 0 aliphatic rings. The van der Waals surface area contributed by atoms with Crippen LogP contribution in [0, 0.1) is 0 Å². The van der Waals surface area contributed by atoms with E-state index in [9.17, 15) is 9.46 Å². The number of rotatable bonds is 5. The fourth-order valence-electron chi connectivity index (χ4n) is 1.15. The Morgan fingerprint density at radius 3 is 2.62 bits per heavy atom. The summed E-state index contributed by atoms with van der Waals surface area (Å²) in [6, 6.07) is 9.40. The molecule has 5 heteroatoms. The lowest BCUT2D eigenvalue weighted by atomic mass is 10.2. The van der Waals surface area contributed by atoms with Gasteiger partial charge in [0, 0.05) is 6.21 Å². The summed E-state index contributed by atoms with van der Waals surface area (Å²) in [5, 5.41) is 0. The zero-order chi connectivity index (χ0) is 12.0. The van der Waals surface area contributed by atoms with Gasteiger partial charge in [0.25, 0.3) is 0 Å². The number of hydrogen-bond donors (Lipinski definition) is 1. The lowest BCUT2D eigenvalue weighted by Crippen LogP contribution is -2.01. The van der Waals surface area contributed by atoms with Crippen LogP contribution in [0.25, 0.3) is 0 Å². The van der Waals surface area contributed by atoms with Crippen molar-refractivity contribution in [3.05, 3.63) is 35.9 Å². The fraction of sp³-hybridized carbons (Fsp3) is 0.364. The zero-order valence-electron chi connectivity index (χ0n) is 9.41. The van der Waals surface area contributed by atoms with E-state index in [4.69, 9.17) is 4.52 Å². The maximum absolute atomic E-state index is 11.4. The summed E-state index contributed by atoms with van der Waals surface area (Å²) in [6.45, 7) is 3.42. The van der Waals surface area contributed by atoms with Crippen molar-refractivity contribution in [2.45, 2.75) is 20.0 Å². The molecule has 0 spiro atoms. The molecule has 0 bridgehead atoms. The molecule has 1 unspecified atom stereocenters. The molecule has 4 nitrogen and oxygen atoms in total. The summed E-state index contributed by atoms with van der Waals surface area (Å²) in [4.78, 5) is 13.3. The Hall–Kier alpha value is -0.960. The topological polar surface area (TPSA) is 58.9 Å². The molecular formula is C11H16NO3P. The van der Waals surface area contributed by atoms with E-state index in [1.54, 1.807) is 20.1 Å². The second-order valence-electron chi connectivity index (χ2n) is 3.66. The largest absolute Gasteiger partial charge is 0.349 e. The fourth-order valence-corrected chi connectivity index (χ4v) is 2.16. The minimum absolute atomic E-state index is 0.208. The first-order chi connectivity index (χ1) is 7.49. The van der Waals surface area contributed by atoms with Gasteiger partial charge in [-0.25, -0.2) is 0 Å². The van der Waals surface area contributed by atoms with Crippen LogP contribution in [0.4, 0.5) is 0 Å². The molecule has 1 aromatic carbocycles. The molecule has 1 N–H and O–H groups in total. The van der Waals surface area contributed by atoms with Crippen molar-refractivity contribution < 1.29 is 14.0 Å². The van der Waals surface area contributed by atoms with E-state index < -0.39 is 7.60 Å². The van der Waals surface area contributed by atoms with Crippen molar-refractivity contribution in [2.24, 2.45) is 4.99 Å². The predicted octanol–water partition coefficient (Wildman–Crippen LogP) is 2.67. The van der Waals surface area contributed by atoms with E-state index in [0.717, 1.165) is 5.56 Å². The van der Waals surface area contributed by atoms with Crippen LogP contribution < -0.4 is 0 Å². The van der Waals surface area contributed by atoms with E-state index in [-0.39, 0.29) is 12.4 Å². The Morgan fingerprint density at radius 1 is 1.44 bits per heavy atom. The molecule has 1 rings (SSSR count). The van der Waals surface area contributed by atoms with Crippen molar-refractivity contribution in [1.82, 2.24) is 0 Å². The van der Waals surface area contributed by atoms with Gasteiger partial charge in [0.15, 0.2) is 0 Å². The van der Waals surface area contributed by atoms with Crippen LogP contribution in [0.5, 0.6) is 0 Å². The van der Waals surface area contributed by atoms with Crippen molar-refractivity contribution in [2.75, 3.05) is 6.29 Å². The van der Waals surface area contributed by atoms with Crippen molar-refractivity contribution in [3.8, 4) is 0 Å². The Bertz CT molecular complexity index is 389. The zero-order valence-corrected chi connectivity index (χ0v) is 10.3. The molecule has 0 fully saturated rings. The lowest BCUT2D eigenvalue weighted by Gasteiger charge is -2.12. The Kier molecular flexibility index (Phi) is 4.87. The molecule has 0 amide bonds. The molecule has 0 radical (unpaired) electrons. The number of benzene rings is 1. The first-order valence-corrected chi connectivity index (χ1v) is 6.81. The van der Waals surface area contributed by atoms with Crippen LogP contribution in [-0.4, -0.2) is 23.5 Å². The first kappa shape index (κ1) is 13.1. The molecule has 0 aromatic heterocycles. The second-order valence-corrected chi connectivity index (χ2v) is 5.42. The maximum atomic E-state index is 11.4. The van der Waals surface area contributed by atoms with Crippen molar-refractivity contribution >= 4 is 13.8 Å². The third-order valence-corrected chi connectivity index (χ3v) is 2.95. The van der Waals surface area contributed by atoms with Crippen LogP contribution in [0.3, 0.4) is 0 Å². The highest BCUT2D eigenvalue weighted by Gasteiger charge is 2.19. The van der Waals surface area contributed by atoms with Crippen LogP contribution in [0.2, 0.25) is 0 Å². The van der Waals surface area contributed by atoms with Crippen LogP contribution >= 0.6 is 7.60 Å². The minimum Gasteiger partial charge on any atom is -0.323 e. The minimum atomic E-state index is -3.58. The highest BCUT2D eigenvalue weighted by molar-refractivity contribution is 7.52. The summed E-state index contributed by atoms with van der Waals surface area (Å²) in [7, 11) is -3.58. The number of aliphatic imine (C=N–C) groups is 1. The molecule has 0 saturated heterocycles. The van der Waals surface area contributed by atoms with Gasteiger partial charge in [-0.15, -0.1) is 0 Å². The summed E-state index contributed by atoms with van der Waals surface area (Å²) in [6.07, 6.45) is 1.08. The van der Waals surface area contributed by atoms with Gasteiger partial charge in [-0.1, -0.05) is 30.3 Å². The summed E-state index contributed by atoms with van der Waals surface area (Å²) in [5.74, 6) is 0. The number of nitrogens with zero attached hydrogens (tertiary/aromatic N) is 1. The highest BCUT2D eigenvalue weighted by Crippen LogP contribution is 2.42. The maximum Gasteiger partial charge on any atom is 0.349 e. The van der Waals surface area contributed by atoms with Gasteiger partial charge in [0.1, 0.15) is 6.29 Å². The van der Waals surface area contributed by atoms with E-state index in [0.29, 0.717) is 0 Å². The Morgan fingerprint density at radius 2 is 2.06 bits per heavy atom. The third kappa shape index (κ3) is 5.21. The van der Waals surface area contributed by atoms with E-state index >= 15 is 0 Å². The van der Waals surface area contributed by atoms with Gasteiger partial charge < -0.3 is 9.42 Å². The standard InChI is InChI=1S/C11H16NO3P/c1-10(2)15-16(13,14)9-12-8-11-6-4-3-5-7-11/h3-8,10H,9H2,1-2H3,(H,13,14)/b12-8+. The van der Waals surface area contributed by atoms with Gasteiger partial charge in [0.05, 0.1) is 6.10 Å². The molecule has 1 atom stereocenters. The SMILES string of the molecule is CC(C)OP(=O)(O)C/N=C/c1ccccc1. The Balaban J connectivity index is 2.51. The summed E-state index contributed by atoms with van der Waals surface area (Å²) >= 11 is 0. The second kappa shape index (κ2) is 5.94. The van der Waals surface area contributed by atoms with Gasteiger partial charge in [-0.3, -0.25) is 9.56 Å². The van der Waals surface area contributed by atoms with Crippen LogP contribution in [-0.2, 0) is 9.09 Å². The molecule has 0 aliphatic heterocycles. The molecule has 16 heavy (non-hydrogen) atoms. The smallest absolute Gasteiger partial charge is 0.323 e. The van der Waals surface area contributed by atoms with E-state index in [1.165, 1.54) is 0 Å². The molecule has 88 valence electrons. The molecule has 0 saturated carbocycles. The van der Waals surface area contributed by atoms with Gasteiger partial charge in [0.2, 0.25) is 0 Å². The summed E-state index contributed by atoms with van der Waals surface area (Å²) < 4.78 is 16.3. The molecule has 1 aromatic rings. The highest BCUT2D eigenvalue weighted by atomic mass is 31.2. The summed E-state index contributed by atoms with van der Waals surface area (Å²) in [5.41, 5.74) is 0.895. The van der Waals surface area contributed by atoms with Gasteiger partial charge in [-0.2, -0.15) is 0 Å². The average molecular weight is 241 g/mol. The van der Waals surface area contributed by atoms with Crippen LogP contribution in [0.15, 0.2) is 35.3 Å². The predicted molar refractivity (Wildman–Crippen MR) is 64.9 cm³/mol. The molecule has 0 aliphatic carbocycles. The average Bonchev–Trinajstić information content (AvgIpc) is 2.16. The Labute approximate surface area is 95.5 Å². The molecule has 0 heterocycles. The van der Waals surface area contributed by atoms with Crippen molar-refractivity contribution in [3.63, 3.8) is 0 Å². The molecular weight excluding hydrogens is 225 g/mol. The monoisotopic (exact) mass is 241 g/mol. The third-order valence-electron chi connectivity index (χ3n) is 1.68. The first-order valence-electron chi connectivity index (χ1n) is 5.05. The normalized spacial score (nSPS) is 15.5. The number of hydrogen-bond acceptors (Lipinski definition) is 3. The van der Waals surface area contributed by atoms with E-state index in [1.807, 2.05) is 30.3 Å². The lowest BCUT2D eigenvalue weighted by molar-refractivity contribution is 0.205.